The van der Waals surface area contributed by atoms with Crippen LogP contribution in [-0.2, 0) is 6.54 Å². The lowest BCUT2D eigenvalue weighted by molar-refractivity contribution is 0.0636. The lowest BCUT2D eigenvalue weighted by Crippen LogP contribution is -2.54. The summed E-state index contributed by atoms with van der Waals surface area (Å²) in [6, 6.07) is 11.2. The molecule has 0 saturated carbocycles. The highest BCUT2D eigenvalue weighted by molar-refractivity contribution is 5.85. The Labute approximate surface area is 354 Å². The molecule has 1 aromatic rings. The highest BCUT2D eigenvalue weighted by Crippen LogP contribution is 2.46. The van der Waals surface area contributed by atoms with Crippen molar-refractivity contribution in [2.24, 2.45) is 5.41 Å². The zero-order valence-electron chi connectivity index (χ0n) is 38.6. The predicted octanol–water partition coefficient (Wildman–Crippen LogP) is 19.2. The van der Waals surface area contributed by atoms with Crippen LogP contribution < -0.4 is 5.32 Å². The highest BCUT2D eigenvalue weighted by Gasteiger charge is 2.43. The molecule has 2 heteroatoms. The van der Waals surface area contributed by atoms with E-state index in [1.807, 2.05) is 0 Å². The molecule has 0 bridgehead atoms. The number of nitrogens with one attached hydrogen (secondary N) is 1. The molecule has 1 rings (SSSR count). The lowest BCUT2D eigenvalue weighted by Gasteiger charge is -2.49. The molecule has 0 aromatic heterocycles. The zero-order chi connectivity index (χ0) is 39.1. The van der Waals surface area contributed by atoms with Crippen LogP contribution in [0.4, 0.5) is 0 Å². The van der Waals surface area contributed by atoms with Gasteiger partial charge < -0.3 is 5.32 Å². The van der Waals surface area contributed by atoms with Gasteiger partial charge in [0.25, 0.3) is 0 Å². The Morgan fingerprint density at radius 1 is 0.345 bits per heavy atom. The summed E-state index contributed by atoms with van der Waals surface area (Å²) >= 11 is 0. The van der Waals surface area contributed by atoms with Gasteiger partial charge in [0.15, 0.2) is 0 Å². The fraction of sp³-hybridized carbons (Fsp3) is 0.887. The van der Waals surface area contributed by atoms with E-state index in [9.17, 15) is 0 Å². The predicted molar refractivity (Wildman–Crippen MR) is 254 cm³/mol. The Hall–Kier alpha value is -0.530. The monoisotopic (exact) mass is 788 g/mol. The van der Waals surface area contributed by atoms with Crippen LogP contribution in [0.3, 0.4) is 0 Å². The van der Waals surface area contributed by atoms with Gasteiger partial charge in [-0.2, -0.15) is 0 Å². The summed E-state index contributed by atoms with van der Waals surface area (Å²) in [6.07, 6.45) is 56.2. The molecule has 1 N–H and O–H groups in total. The van der Waals surface area contributed by atoms with Crippen LogP contribution in [0, 0.1) is 5.41 Å². The van der Waals surface area contributed by atoms with Crippen molar-refractivity contribution in [2.75, 3.05) is 0 Å². The van der Waals surface area contributed by atoms with E-state index < -0.39 is 0 Å². The molecule has 1 atom stereocenters. The van der Waals surface area contributed by atoms with Crippen LogP contribution in [0.2, 0.25) is 0 Å². The van der Waals surface area contributed by atoms with Crippen LogP contribution in [0.25, 0.3) is 0 Å². The summed E-state index contributed by atoms with van der Waals surface area (Å²) < 4.78 is 0. The summed E-state index contributed by atoms with van der Waals surface area (Å²) in [4.78, 5) is 0. The molecule has 0 aliphatic rings. The molecule has 0 aliphatic heterocycles. The second-order valence-electron chi connectivity index (χ2n) is 18.7. The van der Waals surface area contributed by atoms with Crippen molar-refractivity contribution >= 4 is 12.4 Å². The van der Waals surface area contributed by atoms with E-state index in [0.717, 1.165) is 6.54 Å². The summed E-state index contributed by atoms with van der Waals surface area (Å²) in [7, 11) is 0. The number of benzene rings is 1. The number of halogens is 1. The summed E-state index contributed by atoms with van der Waals surface area (Å²) in [5.74, 6) is 0. The van der Waals surface area contributed by atoms with Crippen molar-refractivity contribution in [2.45, 2.75) is 297 Å². The molecule has 0 aliphatic carbocycles. The van der Waals surface area contributed by atoms with Crippen molar-refractivity contribution < 1.29 is 0 Å². The first kappa shape index (κ1) is 54.5. The van der Waals surface area contributed by atoms with Crippen molar-refractivity contribution in [1.29, 1.82) is 0 Å². The molecule has 1 aromatic carbocycles. The number of unbranched alkanes of at least 4 members (excludes halogenated alkanes) is 33. The van der Waals surface area contributed by atoms with Gasteiger partial charge in [-0.15, -0.1) is 12.4 Å². The van der Waals surface area contributed by atoms with Crippen LogP contribution in [0.15, 0.2) is 30.3 Å². The second-order valence-corrected chi connectivity index (χ2v) is 18.7. The van der Waals surface area contributed by atoms with Gasteiger partial charge in [-0.05, 0) is 44.1 Å². The molecule has 0 spiro atoms. The molecular formula is C53H102ClN. The quantitative estimate of drug-likeness (QED) is 0.0650. The van der Waals surface area contributed by atoms with E-state index >= 15 is 0 Å². The molecule has 0 heterocycles. The Morgan fingerprint density at radius 2 is 0.582 bits per heavy atom. The molecule has 0 amide bonds. The number of hydrogen-bond acceptors (Lipinski definition) is 1. The Kier molecular flexibility index (Phi) is 39.9. The lowest BCUT2D eigenvalue weighted by atomic mass is 9.62. The topological polar surface area (TPSA) is 12.0 Å². The average molecular weight is 789 g/mol. The molecular weight excluding hydrogens is 686 g/mol. The Balaban J connectivity index is 0.0000292. The minimum atomic E-state index is 0. The van der Waals surface area contributed by atoms with Crippen molar-refractivity contribution in [1.82, 2.24) is 5.32 Å². The molecule has 326 valence electrons. The van der Waals surface area contributed by atoms with Gasteiger partial charge >= 0.3 is 0 Å². The summed E-state index contributed by atoms with van der Waals surface area (Å²) in [5, 5.41) is 4.19. The van der Waals surface area contributed by atoms with Gasteiger partial charge in [0.05, 0.1) is 0 Å². The second kappa shape index (κ2) is 40.3. The SMILES string of the molecule is CCCCCCCCCCCCCCCCC(CCCCCCCCCCCC)(CCCCCCCCCCCCCC)C(C)(C)NCc1ccccc1.Cl. The van der Waals surface area contributed by atoms with Crippen LogP contribution >= 0.6 is 12.4 Å². The number of hydrogen-bond donors (Lipinski definition) is 1. The smallest absolute Gasteiger partial charge is 0.0210 e. The third-order valence-corrected chi connectivity index (χ3v) is 13.4. The van der Waals surface area contributed by atoms with Crippen LogP contribution in [0.1, 0.15) is 291 Å². The van der Waals surface area contributed by atoms with Gasteiger partial charge in [-0.1, -0.05) is 282 Å². The van der Waals surface area contributed by atoms with Crippen LogP contribution in [0.5, 0.6) is 0 Å². The maximum absolute atomic E-state index is 4.19. The third-order valence-electron chi connectivity index (χ3n) is 13.4. The van der Waals surface area contributed by atoms with Crippen molar-refractivity contribution in [3.05, 3.63) is 35.9 Å². The van der Waals surface area contributed by atoms with E-state index in [1.165, 1.54) is 256 Å². The van der Waals surface area contributed by atoms with Gasteiger partial charge in [0.2, 0.25) is 0 Å². The van der Waals surface area contributed by atoms with E-state index in [0.29, 0.717) is 5.41 Å². The normalized spacial score (nSPS) is 12.9. The Bertz CT molecular complexity index is 866. The maximum atomic E-state index is 4.19. The minimum Gasteiger partial charge on any atom is -0.307 e. The van der Waals surface area contributed by atoms with Crippen molar-refractivity contribution in [3.63, 3.8) is 0 Å². The van der Waals surface area contributed by atoms with Gasteiger partial charge in [-0.3, -0.25) is 0 Å². The third kappa shape index (κ3) is 31.1. The fourth-order valence-corrected chi connectivity index (χ4v) is 9.33. The largest absolute Gasteiger partial charge is 0.307 e. The zero-order valence-corrected chi connectivity index (χ0v) is 39.4. The van der Waals surface area contributed by atoms with E-state index in [2.05, 4.69) is 70.3 Å². The van der Waals surface area contributed by atoms with Gasteiger partial charge in [0, 0.05) is 12.1 Å². The molecule has 0 radical (unpaired) electrons. The average Bonchev–Trinajstić information content (AvgIpc) is 3.18. The summed E-state index contributed by atoms with van der Waals surface area (Å²) in [5.41, 5.74) is 1.95. The molecule has 0 fully saturated rings. The molecule has 0 saturated heterocycles. The summed E-state index contributed by atoms with van der Waals surface area (Å²) in [6.45, 7) is 13.2. The van der Waals surface area contributed by atoms with Gasteiger partial charge in [0.1, 0.15) is 0 Å². The van der Waals surface area contributed by atoms with Crippen molar-refractivity contribution in [3.8, 4) is 0 Å². The fourth-order valence-electron chi connectivity index (χ4n) is 9.33. The first-order valence-corrected chi connectivity index (χ1v) is 25.3. The van der Waals surface area contributed by atoms with Gasteiger partial charge in [-0.25, -0.2) is 0 Å². The first-order valence-electron chi connectivity index (χ1n) is 25.3. The Morgan fingerprint density at radius 3 is 0.836 bits per heavy atom. The molecule has 1 unspecified atom stereocenters. The van der Waals surface area contributed by atoms with E-state index in [1.54, 1.807) is 0 Å². The highest BCUT2D eigenvalue weighted by atomic mass is 35.5. The number of rotatable bonds is 43. The van der Waals surface area contributed by atoms with E-state index in [-0.39, 0.29) is 17.9 Å². The minimum absolute atomic E-state index is 0. The first-order chi connectivity index (χ1) is 26.5. The van der Waals surface area contributed by atoms with E-state index in [4.69, 9.17) is 0 Å². The van der Waals surface area contributed by atoms with Crippen LogP contribution in [-0.4, -0.2) is 5.54 Å². The maximum Gasteiger partial charge on any atom is 0.0210 e. The standard InChI is InChI=1S/C53H101N.ClH/c1-6-9-12-15-18-21-24-26-27-29-32-35-38-44-49-53(47-42-36-33-30-23-20-17-14-11-8-3,52(4,5)54-50-51-45-40-39-41-46-51)48-43-37-34-31-28-25-22-19-16-13-10-7-2;/h39-41,45-46,54H,6-38,42-44,47-50H2,1-5H3;1H. The molecule has 55 heavy (non-hydrogen) atoms. The molecule has 1 nitrogen and oxygen atoms in total.